The largest absolute Gasteiger partial charge is 0.480 e. The van der Waals surface area contributed by atoms with Crippen molar-refractivity contribution in [1.29, 1.82) is 0 Å². The summed E-state index contributed by atoms with van der Waals surface area (Å²) < 4.78 is 1.92. The van der Waals surface area contributed by atoms with E-state index in [2.05, 4.69) is 13.0 Å². The maximum Gasteiger partial charge on any atom is 0.323 e. The van der Waals surface area contributed by atoms with Crippen LogP contribution in [-0.4, -0.2) is 21.0 Å². The molecule has 1 aromatic carbocycles. The van der Waals surface area contributed by atoms with E-state index in [0.717, 1.165) is 17.3 Å². The molecule has 0 saturated carbocycles. The molecule has 90 valence electrons. The smallest absolute Gasteiger partial charge is 0.323 e. The van der Waals surface area contributed by atoms with E-state index in [9.17, 15) is 4.79 Å². The molecule has 0 saturated heterocycles. The van der Waals surface area contributed by atoms with Crippen molar-refractivity contribution in [2.75, 3.05) is 0 Å². The predicted octanol–water partition coefficient (Wildman–Crippen LogP) is 2.90. The fourth-order valence-corrected chi connectivity index (χ4v) is 2.18. The maximum absolute atomic E-state index is 10.8. The highest BCUT2D eigenvalue weighted by molar-refractivity contribution is 6.29. The highest BCUT2D eigenvalue weighted by Crippen LogP contribution is 2.21. The van der Waals surface area contributed by atoms with E-state index < -0.39 is 11.3 Å². The third-order valence-electron chi connectivity index (χ3n) is 2.88. The average Bonchev–Trinajstić information content (AvgIpc) is 2.72. The molecular weight excluding hydrogens is 238 g/mol. The van der Waals surface area contributed by atoms with Gasteiger partial charge in [-0.2, -0.15) is 0 Å². The fraction of sp³-hybridized carbons (Fsp3) is 0.308. The number of benzene rings is 1. The van der Waals surface area contributed by atoms with Crippen molar-refractivity contribution in [2.45, 2.75) is 25.3 Å². The number of hydrogen-bond acceptors (Lipinski definition) is 1. The number of aliphatic carboxylic acids is 1. The van der Waals surface area contributed by atoms with Gasteiger partial charge in [0.1, 0.15) is 5.38 Å². The zero-order valence-corrected chi connectivity index (χ0v) is 10.3. The minimum absolute atomic E-state index is 0.289. The van der Waals surface area contributed by atoms with Gasteiger partial charge in [0.2, 0.25) is 0 Å². The number of para-hydroxylation sites is 1. The Balaban J connectivity index is 2.44. The first-order valence-electron chi connectivity index (χ1n) is 5.57. The van der Waals surface area contributed by atoms with Gasteiger partial charge in [-0.25, -0.2) is 0 Å². The van der Waals surface area contributed by atoms with E-state index in [-0.39, 0.29) is 6.54 Å². The number of aromatic nitrogens is 1. The third-order valence-corrected chi connectivity index (χ3v) is 3.20. The number of rotatable bonds is 4. The Morgan fingerprint density at radius 2 is 2.24 bits per heavy atom. The molecule has 1 heterocycles. The Kier molecular flexibility index (Phi) is 3.38. The van der Waals surface area contributed by atoms with Gasteiger partial charge >= 0.3 is 5.97 Å². The number of nitrogens with zero attached hydrogens (tertiary/aromatic N) is 1. The summed E-state index contributed by atoms with van der Waals surface area (Å²) in [6, 6.07) is 8.08. The van der Waals surface area contributed by atoms with E-state index in [0.29, 0.717) is 0 Å². The van der Waals surface area contributed by atoms with E-state index in [4.69, 9.17) is 16.7 Å². The first-order chi connectivity index (χ1) is 8.13. The van der Waals surface area contributed by atoms with Gasteiger partial charge in [0, 0.05) is 12.7 Å². The van der Waals surface area contributed by atoms with Crippen LogP contribution in [0.15, 0.2) is 30.5 Å². The normalized spacial score (nSPS) is 12.8. The molecule has 0 radical (unpaired) electrons. The van der Waals surface area contributed by atoms with E-state index >= 15 is 0 Å². The molecule has 0 aliphatic rings. The fourth-order valence-electron chi connectivity index (χ4n) is 2.03. The second-order valence-corrected chi connectivity index (χ2v) is 4.51. The Morgan fingerprint density at radius 3 is 2.88 bits per heavy atom. The van der Waals surface area contributed by atoms with E-state index in [1.54, 1.807) is 0 Å². The molecule has 0 aliphatic heterocycles. The van der Waals surface area contributed by atoms with Crippen LogP contribution in [0.3, 0.4) is 0 Å². The number of carboxylic acids is 1. The van der Waals surface area contributed by atoms with Gasteiger partial charge in [0.05, 0.1) is 5.52 Å². The van der Waals surface area contributed by atoms with E-state index in [1.807, 2.05) is 29.0 Å². The zero-order chi connectivity index (χ0) is 12.4. The van der Waals surface area contributed by atoms with Gasteiger partial charge in [0.15, 0.2) is 0 Å². The van der Waals surface area contributed by atoms with Crippen LogP contribution >= 0.6 is 11.6 Å². The summed E-state index contributed by atoms with van der Waals surface area (Å²) >= 11 is 5.78. The maximum atomic E-state index is 10.8. The van der Waals surface area contributed by atoms with Crippen LogP contribution in [0.1, 0.15) is 12.5 Å². The minimum atomic E-state index is -0.984. The first kappa shape index (κ1) is 12.0. The molecule has 1 N–H and O–H groups in total. The minimum Gasteiger partial charge on any atom is -0.480 e. The van der Waals surface area contributed by atoms with Gasteiger partial charge in [-0.15, -0.1) is 11.6 Å². The topological polar surface area (TPSA) is 42.2 Å². The molecule has 0 aliphatic carbocycles. The molecule has 1 aromatic heterocycles. The van der Waals surface area contributed by atoms with Gasteiger partial charge in [-0.3, -0.25) is 4.79 Å². The second kappa shape index (κ2) is 4.80. The summed E-state index contributed by atoms with van der Waals surface area (Å²) in [7, 11) is 0. The lowest BCUT2D eigenvalue weighted by Crippen LogP contribution is -2.19. The SMILES string of the molecule is CCc1cccc2ccn(CC(Cl)C(=O)O)c12. The van der Waals surface area contributed by atoms with Crippen LogP contribution < -0.4 is 0 Å². The van der Waals surface area contributed by atoms with Crippen molar-refractivity contribution in [1.82, 2.24) is 4.57 Å². The molecule has 17 heavy (non-hydrogen) atoms. The number of fused-ring (bicyclic) bond motifs is 1. The number of carbonyl (C=O) groups is 1. The highest BCUT2D eigenvalue weighted by atomic mass is 35.5. The van der Waals surface area contributed by atoms with Crippen molar-refractivity contribution >= 4 is 28.5 Å². The zero-order valence-electron chi connectivity index (χ0n) is 9.56. The van der Waals surface area contributed by atoms with Crippen molar-refractivity contribution in [2.24, 2.45) is 0 Å². The summed E-state index contributed by atoms with van der Waals surface area (Å²) in [4.78, 5) is 10.8. The molecule has 4 heteroatoms. The van der Waals surface area contributed by atoms with Crippen molar-refractivity contribution in [3.05, 3.63) is 36.0 Å². The van der Waals surface area contributed by atoms with Crippen LogP contribution in [0.4, 0.5) is 0 Å². The summed E-state index contributed by atoms with van der Waals surface area (Å²) in [6.07, 6.45) is 2.81. The van der Waals surface area contributed by atoms with Crippen molar-refractivity contribution < 1.29 is 9.90 Å². The number of alkyl halides is 1. The molecule has 0 fully saturated rings. The van der Waals surface area contributed by atoms with Gasteiger partial charge in [-0.1, -0.05) is 25.1 Å². The molecule has 0 spiro atoms. The van der Waals surface area contributed by atoms with Gasteiger partial charge in [-0.05, 0) is 23.4 Å². The standard InChI is InChI=1S/C13H14ClNO2/c1-2-9-4-3-5-10-6-7-15(12(9)10)8-11(14)13(16)17/h3-7,11H,2,8H2,1H3,(H,16,17). The van der Waals surface area contributed by atoms with Crippen LogP contribution in [0, 0.1) is 0 Å². The molecule has 0 amide bonds. The van der Waals surface area contributed by atoms with Crippen molar-refractivity contribution in [3.63, 3.8) is 0 Å². The Bertz CT molecular complexity index is 547. The summed E-state index contributed by atoms with van der Waals surface area (Å²) in [5.74, 6) is -0.984. The van der Waals surface area contributed by atoms with Gasteiger partial charge < -0.3 is 9.67 Å². The molecule has 2 aromatic rings. The summed E-state index contributed by atoms with van der Waals surface area (Å²) in [5.41, 5.74) is 2.30. The molecule has 2 rings (SSSR count). The molecule has 0 bridgehead atoms. The lowest BCUT2D eigenvalue weighted by atomic mass is 10.1. The summed E-state index contributed by atoms with van der Waals surface area (Å²) in [5, 5.41) is 9.06. The highest BCUT2D eigenvalue weighted by Gasteiger charge is 2.15. The van der Waals surface area contributed by atoms with Crippen molar-refractivity contribution in [3.8, 4) is 0 Å². The van der Waals surface area contributed by atoms with Crippen LogP contribution in [0.25, 0.3) is 10.9 Å². The van der Waals surface area contributed by atoms with Gasteiger partial charge in [0.25, 0.3) is 0 Å². The van der Waals surface area contributed by atoms with Crippen LogP contribution in [-0.2, 0) is 17.8 Å². The lowest BCUT2D eigenvalue weighted by Gasteiger charge is -2.10. The molecule has 3 nitrogen and oxygen atoms in total. The van der Waals surface area contributed by atoms with Crippen LogP contribution in [0.5, 0.6) is 0 Å². The Hall–Kier alpha value is -1.48. The van der Waals surface area contributed by atoms with E-state index in [1.165, 1.54) is 5.56 Å². The number of carboxylic acid groups (broad SMARTS) is 1. The van der Waals surface area contributed by atoms with Crippen LogP contribution in [0.2, 0.25) is 0 Å². The third kappa shape index (κ3) is 2.29. The lowest BCUT2D eigenvalue weighted by molar-refractivity contribution is -0.136. The molecule has 1 unspecified atom stereocenters. The molecule has 1 atom stereocenters. The number of hydrogen-bond donors (Lipinski definition) is 1. The Labute approximate surface area is 105 Å². The quantitative estimate of drug-likeness (QED) is 0.849. The average molecular weight is 252 g/mol. The molecular formula is C13H14ClNO2. The monoisotopic (exact) mass is 251 g/mol. The number of halogens is 1. The first-order valence-corrected chi connectivity index (χ1v) is 6.00. The number of aryl methyl sites for hydroxylation is 1. The second-order valence-electron chi connectivity index (χ2n) is 3.98. The predicted molar refractivity (Wildman–Crippen MR) is 68.6 cm³/mol. The summed E-state index contributed by atoms with van der Waals surface area (Å²) in [6.45, 7) is 2.37. The Morgan fingerprint density at radius 1 is 1.47 bits per heavy atom.